The van der Waals surface area contributed by atoms with Gasteiger partial charge >= 0.3 is 0 Å². The van der Waals surface area contributed by atoms with Gasteiger partial charge < -0.3 is 10.9 Å². The number of amidine groups is 1. The van der Waals surface area contributed by atoms with Crippen molar-refractivity contribution >= 4 is 5.84 Å². The van der Waals surface area contributed by atoms with Gasteiger partial charge in [0.05, 0.1) is 0 Å². The molecule has 4 nitrogen and oxygen atoms in total. The van der Waals surface area contributed by atoms with Gasteiger partial charge in [0.15, 0.2) is 0 Å². The van der Waals surface area contributed by atoms with E-state index in [1.165, 1.54) is 16.7 Å². The van der Waals surface area contributed by atoms with Gasteiger partial charge in [0, 0.05) is 12.5 Å². The third-order valence-corrected chi connectivity index (χ3v) is 4.10. The van der Waals surface area contributed by atoms with E-state index in [4.69, 9.17) is 10.9 Å². The van der Waals surface area contributed by atoms with Crippen molar-refractivity contribution in [1.29, 1.82) is 0 Å². The molecule has 3 N–H and O–H groups in total. The molecule has 4 heteroatoms. The molecule has 0 unspecified atom stereocenters. The monoisotopic (exact) mass is 261 g/mol. The zero-order valence-corrected chi connectivity index (χ0v) is 11.8. The predicted molar refractivity (Wildman–Crippen MR) is 77.3 cm³/mol. The van der Waals surface area contributed by atoms with E-state index in [0.717, 1.165) is 32.5 Å². The van der Waals surface area contributed by atoms with E-state index in [1.54, 1.807) is 0 Å². The SMILES string of the molecule is Cc1ccc(CN2CCC(C(N)=NO)CC2)cc1C. The molecule has 19 heavy (non-hydrogen) atoms. The minimum atomic E-state index is 0.237. The minimum Gasteiger partial charge on any atom is -0.409 e. The molecule has 0 atom stereocenters. The van der Waals surface area contributed by atoms with Crippen LogP contribution in [0.2, 0.25) is 0 Å². The summed E-state index contributed by atoms with van der Waals surface area (Å²) in [6.07, 6.45) is 1.95. The van der Waals surface area contributed by atoms with Crippen molar-refractivity contribution in [2.24, 2.45) is 16.8 Å². The lowest BCUT2D eigenvalue weighted by atomic mass is 9.95. The first-order chi connectivity index (χ1) is 9.10. The number of nitrogens with two attached hydrogens (primary N) is 1. The third kappa shape index (κ3) is 3.47. The average molecular weight is 261 g/mol. The van der Waals surface area contributed by atoms with E-state index in [-0.39, 0.29) is 5.92 Å². The van der Waals surface area contributed by atoms with Crippen LogP contribution in [0.5, 0.6) is 0 Å². The zero-order valence-electron chi connectivity index (χ0n) is 11.8. The summed E-state index contributed by atoms with van der Waals surface area (Å²) in [5, 5.41) is 11.8. The Morgan fingerprint density at radius 3 is 2.58 bits per heavy atom. The van der Waals surface area contributed by atoms with Gasteiger partial charge in [-0.15, -0.1) is 0 Å². The maximum atomic E-state index is 8.69. The van der Waals surface area contributed by atoms with Crippen LogP contribution in [0.3, 0.4) is 0 Å². The number of oxime groups is 1. The van der Waals surface area contributed by atoms with Crippen molar-refractivity contribution in [2.45, 2.75) is 33.2 Å². The first kappa shape index (κ1) is 13.9. The summed E-state index contributed by atoms with van der Waals surface area (Å²) in [5.74, 6) is 0.617. The molecule has 1 aliphatic rings. The van der Waals surface area contributed by atoms with Crippen molar-refractivity contribution < 1.29 is 5.21 Å². The average Bonchev–Trinajstić information content (AvgIpc) is 2.43. The van der Waals surface area contributed by atoms with Crippen LogP contribution in [0.15, 0.2) is 23.4 Å². The maximum absolute atomic E-state index is 8.69. The molecule has 1 fully saturated rings. The summed E-state index contributed by atoms with van der Waals surface area (Å²) in [6.45, 7) is 7.30. The molecule has 0 spiro atoms. The molecule has 0 bridgehead atoms. The molecule has 1 heterocycles. The van der Waals surface area contributed by atoms with E-state index in [2.05, 4.69) is 42.1 Å². The highest BCUT2D eigenvalue weighted by atomic mass is 16.4. The minimum absolute atomic E-state index is 0.237. The lowest BCUT2D eigenvalue weighted by molar-refractivity contribution is 0.198. The van der Waals surface area contributed by atoms with Gasteiger partial charge in [-0.3, -0.25) is 4.90 Å². The van der Waals surface area contributed by atoms with Gasteiger partial charge in [-0.2, -0.15) is 0 Å². The Hall–Kier alpha value is -1.55. The Morgan fingerprint density at radius 1 is 1.32 bits per heavy atom. The fourth-order valence-electron chi connectivity index (χ4n) is 2.63. The van der Waals surface area contributed by atoms with E-state index in [0.29, 0.717) is 5.84 Å². The molecule has 2 rings (SSSR count). The largest absolute Gasteiger partial charge is 0.409 e. The standard InChI is InChI=1S/C15H23N3O/c1-11-3-4-13(9-12(11)2)10-18-7-5-14(6-8-18)15(16)17-19/h3-4,9,14,19H,5-8,10H2,1-2H3,(H2,16,17). The summed E-state index contributed by atoms with van der Waals surface area (Å²) < 4.78 is 0. The van der Waals surface area contributed by atoms with E-state index < -0.39 is 0 Å². The van der Waals surface area contributed by atoms with E-state index in [1.807, 2.05) is 0 Å². The van der Waals surface area contributed by atoms with Crippen molar-refractivity contribution in [3.05, 3.63) is 34.9 Å². The highest BCUT2D eigenvalue weighted by Gasteiger charge is 2.22. The molecule has 1 saturated heterocycles. The maximum Gasteiger partial charge on any atom is 0.142 e. The van der Waals surface area contributed by atoms with Crippen molar-refractivity contribution in [3.63, 3.8) is 0 Å². The summed E-state index contributed by atoms with van der Waals surface area (Å²) in [6, 6.07) is 6.66. The number of aryl methyl sites for hydroxylation is 2. The first-order valence-corrected chi connectivity index (χ1v) is 6.86. The van der Waals surface area contributed by atoms with Crippen molar-refractivity contribution in [3.8, 4) is 0 Å². The van der Waals surface area contributed by atoms with Gasteiger partial charge in [0.2, 0.25) is 0 Å². The Morgan fingerprint density at radius 2 is 2.00 bits per heavy atom. The Kier molecular flexibility index (Phi) is 4.43. The fraction of sp³-hybridized carbons (Fsp3) is 0.533. The molecule has 0 amide bonds. The van der Waals surface area contributed by atoms with Crippen molar-refractivity contribution in [1.82, 2.24) is 4.90 Å². The lowest BCUT2D eigenvalue weighted by Gasteiger charge is -2.31. The van der Waals surface area contributed by atoms with Crippen LogP contribution in [-0.2, 0) is 6.54 Å². The number of hydrogen-bond donors (Lipinski definition) is 2. The molecule has 0 aliphatic carbocycles. The normalized spacial score (nSPS) is 18.7. The summed E-state index contributed by atoms with van der Waals surface area (Å²) in [4.78, 5) is 2.44. The summed E-state index contributed by atoms with van der Waals surface area (Å²) in [7, 11) is 0. The number of rotatable bonds is 3. The van der Waals surface area contributed by atoms with Crippen LogP contribution < -0.4 is 5.73 Å². The summed E-state index contributed by atoms with van der Waals surface area (Å²) in [5.41, 5.74) is 9.72. The molecule has 1 aliphatic heterocycles. The number of nitrogens with zero attached hydrogens (tertiary/aromatic N) is 2. The number of benzene rings is 1. The van der Waals surface area contributed by atoms with E-state index in [9.17, 15) is 0 Å². The van der Waals surface area contributed by atoms with Gasteiger partial charge in [-0.25, -0.2) is 0 Å². The van der Waals surface area contributed by atoms with E-state index >= 15 is 0 Å². The highest BCUT2D eigenvalue weighted by molar-refractivity contribution is 5.82. The van der Waals surface area contributed by atoms with Crippen LogP contribution in [0, 0.1) is 19.8 Å². The Bertz CT molecular complexity index is 462. The fourth-order valence-corrected chi connectivity index (χ4v) is 2.63. The molecule has 1 aromatic carbocycles. The molecular weight excluding hydrogens is 238 g/mol. The van der Waals surface area contributed by atoms with Crippen LogP contribution in [-0.4, -0.2) is 29.0 Å². The topological polar surface area (TPSA) is 61.8 Å². The number of piperidine rings is 1. The highest BCUT2D eigenvalue weighted by Crippen LogP contribution is 2.20. The molecular formula is C15H23N3O. The second-order valence-electron chi connectivity index (χ2n) is 5.49. The van der Waals surface area contributed by atoms with Crippen molar-refractivity contribution in [2.75, 3.05) is 13.1 Å². The second kappa shape index (κ2) is 6.06. The van der Waals surface area contributed by atoms with Gasteiger partial charge in [0.1, 0.15) is 5.84 Å². The lowest BCUT2D eigenvalue weighted by Crippen LogP contribution is -2.38. The van der Waals surface area contributed by atoms with Crippen LogP contribution in [0.25, 0.3) is 0 Å². The van der Waals surface area contributed by atoms with Gasteiger partial charge in [0.25, 0.3) is 0 Å². The Balaban J connectivity index is 1.90. The smallest absolute Gasteiger partial charge is 0.142 e. The molecule has 1 aromatic rings. The third-order valence-electron chi connectivity index (χ3n) is 4.10. The Labute approximate surface area is 114 Å². The molecule has 0 aromatic heterocycles. The van der Waals surface area contributed by atoms with Gasteiger partial charge in [-0.1, -0.05) is 23.4 Å². The first-order valence-electron chi connectivity index (χ1n) is 6.86. The second-order valence-corrected chi connectivity index (χ2v) is 5.49. The number of hydrogen-bond acceptors (Lipinski definition) is 3. The predicted octanol–water partition coefficient (Wildman–Crippen LogP) is 2.26. The van der Waals surface area contributed by atoms with Crippen LogP contribution >= 0.6 is 0 Å². The molecule has 104 valence electrons. The van der Waals surface area contributed by atoms with Crippen LogP contribution in [0.4, 0.5) is 0 Å². The zero-order chi connectivity index (χ0) is 13.8. The number of likely N-dealkylation sites (tertiary alicyclic amines) is 1. The quantitative estimate of drug-likeness (QED) is 0.380. The summed E-state index contributed by atoms with van der Waals surface area (Å²) >= 11 is 0. The molecule has 0 saturated carbocycles. The molecule has 0 radical (unpaired) electrons. The van der Waals surface area contributed by atoms with Crippen LogP contribution in [0.1, 0.15) is 29.5 Å². The van der Waals surface area contributed by atoms with Gasteiger partial charge in [-0.05, 0) is 56.5 Å².